The van der Waals surface area contributed by atoms with Crippen LogP contribution >= 0.6 is 0 Å². The Morgan fingerprint density at radius 2 is 1.82 bits per heavy atom. The van der Waals surface area contributed by atoms with Gasteiger partial charge in [-0.3, -0.25) is 9.10 Å². The lowest BCUT2D eigenvalue weighted by Crippen LogP contribution is -2.41. The molecule has 1 heterocycles. The van der Waals surface area contributed by atoms with Crippen molar-refractivity contribution in [3.05, 3.63) is 60.2 Å². The summed E-state index contributed by atoms with van der Waals surface area (Å²) in [7, 11) is -1.08. The molecule has 148 valence electrons. The number of hydrogen-bond donors (Lipinski definition) is 0. The summed E-state index contributed by atoms with van der Waals surface area (Å²) in [5.74, 6) is -0.842. The van der Waals surface area contributed by atoms with Crippen LogP contribution in [0.1, 0.15) is 23.2 Å². The van der Waals surface area contributed by atoms with E-state index in [2.05, 4.69) is 0 Å². The molecule has 1 amide bonds. The summed E-state index contributed by atoms with van der Waals surface area (Å²) in [5, 5.41) is 0. The number of hydrogen-bond acceptors (Lipinski definition) is 5. The van der Waals surface area contributed by atoms with Gasteiger partial charge < -0.3 is 9.64 Å². The number of amides is 1. The fourth-order valence-corrected chi connectivity index (χ4v) is 4.52. The molecule has 8 heteroatoms. The van der Waals surface area contributed by atoms with Crippen molar-refractivity contribution in [2.45, 2.75) is 23.8 Å². The Morgan fingerprint density at radius 1 is 1.11 bits per heavy atom. The van der Waals surface area contributed by atoms with Gasteiger partial charge in [0.15, 0.2) is 0 Å². The van der Waals surface area contributed by atoms with Crippen LogP contribution in [0.25, 0.3) is 0 Å². The quantitative estimate of drug-likeness (QED) is 0.717. The molecule has 3 rings (SSSR count). The number of benzene rings is 2. The van der Waals surface area contributed by atoms with Crippen LogP contribution in [0.15, 0.2) is 59.5 Å². The van der Waals surface area contributed by atoms with Gasteiger partial charge in [-0.2, -0.15) is 0 Å². The summed E-state index contributed by atoms with van der Waals surface area (Å²) in [6.45, 7) is 0.430. The van der Waals surface area contributed by atoms with Gasteiger partial charge >= 0.3 is 5.97 Å². The van der Waals surface area contributed by atoms with E-state index >= 15 is 0 Å². The molecule has 1 atom stereocenters. The van der Waals surface area contributed by atoms with Crippen molar-refractivity contribution in [2.24, 2.45) is 0 Å². The molecule has 0 aliphatic carbocycles. The highest BCUT2D eigenvalue weighted by Crippen LogP contribution is 2.25. The van der Waals surface area contributed by atoms with Crippen molar-refractivity contribution in [3.8, 4) is 0 Å². The number of ether oxygens (including phenoxy) is 1. The van der Waals surface area contributed by atoms with Crippen LogP contribution < -0.4 is 4.31 Å². The molecule has 0 N–H and O–H groups in total. The Hall–Kier alpha value is -2.87. The monoisotopic (exact) mass is 402 g/mol. The summed E-state index contributed by atoms with van der Waals surface area (Å²) in [4.78, 5) is 26.3. The largest absolute Gasteiger partial charge is 0.467 e. The highest BCUT2D eigenvalue weighted by atomic mass is 32.2. The number of carbonyl (C=O) groups excluding carboxylic acids is 2. The fraction of sp³-hybridized carbons (Fsp3) is 0.300. The van der Waals surface area contributed by atoms with E-state index in [1.807, 2.05) is 0 Å². The maximum Gasteiger partial charge on any atom is 0.328 e. The van der Waals surface area contributed by atoms with E-state index in [1.54, 1.807) is 36.4 Å². The van der Waals surface area contributed by atoms with Crippen LogP contribution in [0.3, 0.4) is 0 Å². The van der Waals surface area contributed by atoms with Crippen LogP contribution in [0, 0.1) is 0 Å². The van der Waals surface area contributed by atoms with E-state index in [4.69, 9.17) is 4.74 Å². The normalized spacial score (nSPS) is 16.6. The molecule has 2 aromatic rings. The zero-order chi connectivity index (χ0) is 20.3. The average Bonchev–Trinajstić information content (AvgIpc) is 3.22. The third-order valence-corrected chi connectivity index (χ3v) is 6.63. The van der Waals surface area contributed by atoms with Gasteiger partial charge in [-0.1, -0.05) is 24.3 Å². The van der Waals surface area contributed by atoms with Crippen molar-refractivity contribution in [3.63, 3.8) is 0 Å². The molecule has 0 spiro atoms. The summed E-state index contributed by atoms with van der Waals surface area (Å²) < 4.78 is 31.9. The fourth-order valence-electron chi connectivity index (χ4n) is 3.28. The molecular formula is C20H22N2O5S. The maximum atomic E-state index is 13.0. The number of esters is 1. The van der Waals surface area contributed by atoms with Crippen LogP contribution in [0.5, 0.6) is 0 Å². The first-order chi connectivity index (χ1) is 13.4. The first-order valence-corrected chi connectivity index (χ1v) is 10.3. The molecule has 0 saturated carbocycles. The van der Waals surface area contributed by atoms with Gasteiger partial charge in [-0.15, -0.1) is 0 Å². The van der Waals surface area contributed by atoms with Crippen molar-refractivity contribution >= 4 is 27.6 Å². The second kappa shape index (κ2) is 8.02. The van der Waals surface area contributed by atoms with Crippen molar-refractivity contribution in [1.82, 2.24) is 4.90 Å². The highest BCUT2D eigenvalue weighted by Gasteiger charge is 2.35. The maximum absolute atomic E-state index is 13.0. The van der Waals surface area contributed by atoms with Crippen LogP contribution in [0.4, 0.5) is 5.69 Å². The predicted octanol–water partition coefficient (Wildman–Crippen LogP) is 2.29. The second-order valence-electron chi connectivity index (χ2n) is 6.52. The number of likely N-dealkylation sites (tertiary alicyclic amines) is 1. The van der Waals surface area contributed by atoms with Crippen molar-refractivity contribution < 1.29 is 22.7 Å². The standard InChI is InChI=1S/C20H22N2O5S/c1-21(16-9-4-3-5-10-16)28(25,26)17-11-6-8-15(14-17)19(23)22-13-7-12-18(22)20(24)27-2/h3-6,8-11,14,18H,7,12-13H2,1-2H3. The molecule has 1 aliphatic heterocycles. The Kier molecular flexibility index (Phi) is 5.69. The van der Waals surface area contributed by atoms with Gasteiger partial charge in [0.25, 0.3) is 15.9 Å². The third-order valence-electron chi connectivity index (χ3n) is 4.85. The van der Waals surface area contributed by atoms with Crippen molar-refractivity contribution in [1.29, 1.82) is 0 Å². The van der Waals surface area contributed by atoms with E-state index in [0.29, 0.717) is 25.1 Å². The topological polar surface area (TPSA) is 84.0 Å². The zero-order valence-corrected chi connectivity index (χ0v) is 16.6. The summed E-state index contributed by atoms with van der Waals surface area (Å²) in [6.07, 6.45) is 1.23. The van der Waals surface area contributed by atoms with Crippen molar-refractivity contribution in [2.75, 3.05) is 25.0 Å². The van der Waals surface area contributed by atoms with Gasteiger partial charge in [0, 0.05) is 19.2 Å². The van der Waals surface area contributed by atoms with Gasteiger partial charge in [-0.05, 0) is 43.2 Å². The Balaban J connectivity index is 1.90. The molecule has 0 radical (unpaired) electrons. The highest BCUT2D eigenvalue weighted by molar-refractivity contribution is 7.92. The number of para-hydroxylation sites is 1. The molecule has 1 fully saturated rings. The van der Waals surface area contributed by atoms with E-state index in [9.17, 15) is 18.0 Å². The average molecular weight is 402 g/mol. The van der Waals surface area contributed by atoms with Crippen LogP contribution in [-0.4, -0.2) is 51.9 Å². The summed E-state index contributed by atoms with van der Waals surface area (Å²) in [5.41, 5.74) is 0.739. The number of carbonyl (C=O) groups is 2. The number of nitrogens with zero attached hydrogens (tertiary/aromatic N) is 2. The van der Waals surface area contributed by atoms with E-state index in [1.165, 1.54) is 41.6 Å². The van der Waals surface area contributed by atoms with Gasteiger partial charge in [0.1, 0.15) is 6.04 Å². The molecule has 7 nitrogen and oxygen atoms in total. The Morgan fingerprint density at radius 3 is 2.50 bits per heavy atom. The van der Waals surface area contributed by atoms with E-state index in [-0.39, 0.29) is 16.4 Å². The van der Waals surface area contributed by atoms with E-state index < -0.39 is 22.0 Å². The molecule has 28 heavy (non-hydrogen) atoms. The minimum absolute atomic E-state index is 0.0125. The lowest BCUT2D eigenvalue weighted by Gasteiger charge is -2.23. The Labute approximate surface area is 164 Å². The minimum atomic E-state index is -3.84. The van der Waals surface area contributed by atoms with Crippen LogP contribution in [-0.2, 0) is 19.6 Å². The molecule has 1 aliphatic rings. The van der Waals surface area contributed by atoms with Crippen LogP contribution in [0.2, 0.25) is 0 Å². The summed E-state index contributed by atoms with van der Waals surface area (Å²) in [6, 6.07) is 13.9. The SMILES string of the molecule is COC(=O)C1CCCN1C(=O)c1cccc(S(=O)(=O)N(C)c2ccccc2)c1. The number of methoxy groups -OCH3 is 1. The second-order valence-corrected chi connectivity index (χ2v) is 8.48. The third kappa shape index (κ3) is 3.73. The number of anilines is 1. The molecule has 1 saturated heterocycles. The minimum Gasteiger partial charge on any atom is -0.467 e. The van der Waals surface area contributed by atoms with E-state index in [0.717, 1.165) is 0 Å². The molecule has 1 unspecified atom stereocenters. The molecule has 0 bridgehead atoms. The number of sulfonamides is 1. The summed E-state index contributed by atoms with van der Waals surface area (Å²) >= 11 is 0. The first kappa shape index (κ1) is 19.9. The zero-order valence-electron chi connectivity index (χ0n) is 15.7. The predicted molar refractivity (Wildman–Crippen MR) is 105 cm³/mol. The van der Waals surface area contributed by atoms with Gasteiger partial charge in [0.2, 0.25) is 0 Å². The Bertz CT molecular complexity index is 975. The smallest absolute Gasteiger partial charge is 0.328 e. The molecule has 0 aromatic heterocycles. The lowest BCUT2D eigenvalue weighted by molar-refractivity contribution is -0.145. The molecule has 2 aromatic carbocycles. The van der Waals surface area contributed by atoms with Gasteiger partial charge in [0.05, 0.1) is 17.7 Å². The number of rotatable bonds is 5. The lowest BCUT2D eigenvalue weighted by atomic mass is 10.1. The first-order valence-electron chi connectivity index (χ1n) is 8.89. The molecular weight excluding hydrogens is 380 g/mol. The van der Waals surface area contributed by atoms with Gasteiger partial charge in [-0.25, -0.2) is 13.2 Å².